The van der Waals surface area contributed by atoms with Crippen molar-refractivity contribution in [3.05, 3.63) is 40.0 Å². The normalized spacial score (nSPS) is 36.2. The Kier molecular flexibility index (Phi) is 4.58. The van der Waals surface area contributed by atoms with Crippen LogP contribution >= 0.6 is 0 Å². The van der Waals surface area contributed by atoms with Gasteiger partial charge in [0.1, 0.15) is 0 Å². The predicted octanol–water partition coefficient (Wildman–Crippen LogP) is 6.53. The van der Waals surface area contributed by atoms with Crippen LogP contribution in [0.15, 0.2) is 17.7 Å². The van der Waals surface area contributed by atoms with Crippen molar-refractivity contribution in [1.82, 2.24) is 5.73 Å². The van der Waals surface area contributed by atoms with Crippen LogP contribution in [-0.2, 0) is 25.8 Å². The third-order valence-electron chi connectivity index (χ3n) is 9.84. The fraction of sp³-hybridized carbons (Fsp3) is 0.667. The molecule has 5 heteroatoms. The summed E-state index contributed by atoms with van der Waals surface area (Å²) in [7, 11) is -4.79. The van der Waals surface area contributed by atoms with E-state index in [0.717, 1.165) is 25.7 Å². The molecule has 5 rings (SSSR count). The van der Waals surface area contributed by atoms with Crippen molar-refractivity contribution < 1.29 is 8.91 Å². The molecule has 2 bridgehead atoms. The second-order valence-electron chi connectivity index (χ2n) is 12.9. The minimum Gasteiger partial charge on any atom is -0.454 e. The van der Waals surface area contributed by atoms with Gasteiger partial charge in [-0.25, -0.2) is 0 Å². The van der Waals surface area contributed by atoms with Crippen LogP contribution in [0, 0.1) is 11.8 Å². The van der Waals surface area contributed by atoms with Gasteiger partial charge < -0.3 is 4.12 Å². The number of nitrogens with one attached hydrogen (secondary N) is 1. The first-order valence-corrected chi connectivity index (χ1v) is 18.4. The van der Waals surface area contributed by atoms with E-state index in [0.29, 0.717) is 11.8 Å². The van der Waals surface area contributed by atoms with Crippen molar-refractivity contribution in [2.75, 3.05) is 0 Å². The highest BCUT2D eigenvalue weighted by Gasteiger charge is 2.86. The zero-order chi connectivity index (χ0) is 23.5. The Morgan fingerprint density at radius 1 is 1.12 bits per heavy atom. The summed E-state index contributed by atoms with van der Waals surface area (Å²) in [4.78, 5) is 13.7. The second-order valence-corrected chi connectivity index (χ2v) is 21.4. The molecule has 4 aliphatic rings. The number of allylic oxidation sites excluding steroid dienone is 1. The molecule has 1 radical (unpaired) electrons. The van der Waals surface area contributed by atoms with E-state index in [1.165, 1.54) is 34.2 Å². The van der Waals surface area contributed by atoms with Gasteiger partial charge in [-0.1, -0.05) is 51.5 Å². The first-order chi connectivity index (χ1) is 14.7. The van der Waals surface area contributed by atoms with Crippen molar-refractivity contribution in [1.29, 1.82) is 0 Å². The third kappa shape index (κ3) is 2.38. The smallest absolute Gasteiger partial charge is 0.245 e. The average Bonchev–Trinajstić information content (AvgIpc) is 3.38. The number of benzene rings is 1. The number of amides is 1. The van der Waals surface area contributed by atoms with Crippen LogP contribution in [0.25, 0.3) is 6.08 Å². The first kappa shape index (κ1) is 22.6. The van der Waals surface area contributed by atoms with Crippen LogP contribution in [0.3, 0.4) is 0 Å². The van der Waals surface area contributed by atoms with E-state index in [1.807, 2.05) is 0 Å². The molecule has 3 aliphatic carbocycles. The molecule has 1 amide bonds. The van der Waals surface area contributed by atoms with Crippen LogP contribution in [-0.4, -0.2) is 22.5 Å². The zero-order valence-electron chi connectivity index (χ0n) is 21.2. The maximum absolute atomic E-state index is 13.7. The summed E-state index contributed by atoms with van der Waals surface area (Å²) in [5, 5.41) is -0.863. The van der Waals surface area contributed by atoms with Gasteiger partial charge in [0.2, 0.25) is 5.91 Å². The minimum absolute atomic E-state index is 0.0343. The fourth-order valence-corrected chi connectivity index (χ4v) is 23.7. The van der Waals surface area contributed by atoms with Crippen molar-refractivity contribution >= 4 is 28.6 Å². The van der Waals surface area contributed by atoms with Crippen LogP contribution in [0.5, 0.6) is 0 Å². The Bertz CT molecular complexity index is 1050. The molecule has 1 aromatic carbocycles. The van der Waals surface area contributed by atoms with Crippen molar-refractivity contribution in [3.8, 4) is 0 Å². The van der Waals surface area contributed by atoms with Gasteiger partial charge in [0.25, 0.3) is 0 Å². The highest BCUT2D eigenvalue weighted by Crippen LogP contribution is 2.81. The molecule has 0 aromatic heterocycles. The molecule has 1 aromatic rings. The molecule has 2 saturated carbocycles. The zero-order valence-corrected chi connectivity index (χ0v) is 23.2. The summed E-state index contributed by atoms with van der Waals surface area (Å²) in [6.07, 6.45) is 7.88. The third-order valence-corrected chi connectivity index (χ3v) is 20.1. The fourth-order valence-electron chi connectivity index (χ4n) is 9.07. The number of carbonyl (C=O) groups is 1. The number of hydrogen-bond donors (Lipinski definition) is 0. The Balaban J connectivity index is 1.91. The summed E-state index contributed by atoms with van der Waals surface area (Å²) in [5.74, 6) is 0.487. The molecule has 1 aliphatic heterocycles. The van der Waals surface area contributed by atoms with E-state index in [4.69, 9.17) is 9.85 Å². The lowest BCUT2D eigenvalue weighted by Gasteiger charge is -2.53. The van der Waals surface area contributed by atoms with Gasteiger partial charge in [-0.05, 0) is 97.8 Å². The molecule has 3 nitrogen and oxygen atoms in total. The van der Waals surface area contributed by atoms with Gasteiger partial charge in [-0.2, -0.15) is 0 Å². The molecule has 0 spiro atoms. The summed E-state index contributed by atoms with van der Waals surface area (Å²) in [5.41, 5.74) is 15.9. The van der Waals surface area contributed by atoms with Gasteiger partial charge in [0.15, 0.2) is 16.6 Å². The van der Waals surface area contributed by atoms with E-state index in [2.05, 4.69) is 72.1 Å². The van der Waals surface area contributed by atoms with Crippen LogP contribution in [0.4, 0.5) is 0 Å². The highest BCUT2D eigenvalue weighted by molar-refractivity contribution is 6.96. The number of rotatable bonds is 3. The summed E-state index contributed by atoms with van der Waals surface area (Å²) in [6.45, 7) is 18.4. The minimum atomic E-state index is -2.44. The van der Waals surface area contributed by atoms with Crippen LogP contribution < -0.4 is 5.73 Å². The molecule has 3 fully saturated rings. The van der Waals surface area contributed by atoms with E-state index in [1.54, 1.807) is 0 Å². The SMILES string of the molecule is CCC1=Cc2cc(C(C)(C)C)cc(C34C5CCC(C5)C3(C([NH])=O)[Si](C)(C)O[Si]4(C)C)c2C1. The number of carbonyl (C=O) groups excluding carboxylic acids is 1. The molecule has 1 N–H and O–H groups in total. The lowest BCUT2D eigenvalue weighted by molar-refractivity contribution is -0.124. The summed E-state index contributed by atoms with van der Waals surface area (Å²) >= 11 is 0. The maximum atomic E-state index is 13.7. The standard InChI is InChI=1S/C27H40NO2Si2/c1-9-17-12-18-14-21(25(2,3)4)16-23(22(18)13-17)26-19-10-11-20(15-19)27(26,24(28)29)32(7,8)30-31(26,5)6/h12,14,16,19-20,28H,9-11,13,15H2,1-8H3. The number of fused-ring (bicyclic) bond motifs is 6. The van der Waals surface area contributed by atoms with Crippen LogP contribution in [0.1, 0.15) is 75.6 Å². The van der Waals surface area contributed by atoms with Crippen molar-refractivity contribution in [2.45, 2.75) is 101 Å². The Morgan fingerprint density at radius 3 is 2.38 bits per heavy atom. The molecule has 32 heavy (non-hydrogen) atoms. The van der Waals surface area contributed by atoms with Gasteiger partial charge in [-0.3, -0.25) is 10.5 Å². The summed E-state index contributed by atoms with van der Waals surface area (Å²) in [6, 6.07) is 4.89. The summed E-state index contributed by atoms with van der Waals surface area (Å²) < 4.78 is 7.16. The van der Waals surface area contributed by atoms with Crippen LogP contribution in [0.2, 0.25) is 31.2 Å². The second kappa shape index (κ2) is 6.48. The Hall–Kier alpha value is -1.18. The molecule has 173 valence electrons. The maximum Gasteiger partial charge on any atom is 0.245 e. The molecular formula is C27H40NO2Si2. The Labute approximate surface area is 196 Å². The molecular weight excluding hydrogens is 426 g/mol. The van der Waals surface area contributed by atoms with Gasteiger partial charge in [0.05, 0.1) is 5.04 Å². The van der Waals surface area contributed by atoms with Crippen molar-refractivity contribution in [3.63, 3.8) is 0 Å². The predicted molar refractivity (Wildman–Crippen MR) is 136 cm³/mol. The van der Waals surface area contributed by atoms with E-state index in [9.17, 15) is 4.79 Å². The largest absolute Gasteiger partial charge is 0.454 e. The molecule has 1 heterocycles. The topological polar surface area (TPSA) is 50.1 Å². The molecule has 4 unspecified atom stereocenters. The highest BCUT2D eigenvalue weighted by atomic mass is 28.4. The average molecular weight is 467 g/mol. The van der Waals surface area contributed by atoms with Gasteiger partial charge in [0, 0.05) is 5.04 Å². The quantitative estimate of drug-likeness (QED) is 0.475. The van der Waals surface area contributed by atoms with E-state index >= 15 is 0 Å². The molecule has 1 saturated heterocycles. The monoisotopic (exact) mass is 466 g/mol. The lowest BCUT2D eigenvalue weighted by atomic mass is 9.69. The van der Waals surface area contributed by atoms with E-state index < -0.39 is 21.7 Å². The van der Waals surface area contributed by atoms with Crippen molar-refractivity contribution in [2.24, 2.45) is 11.8 Å². The molecule has 4 atom stereocenters. The van der Waals surface area contributed by atoms with Gasteiger partial charge >= 0.3 is 0 Å². The first-order valence-electron chi connectivity index (χ1n) is 12.6. The van der Waals surface area contributed by atoms with E-state index in [-0.39, 0.29) is 16.4 Å². The number of hydrogen-bond acceptors (Lipinski definition) is 2. The van der Waals surface area contributed by atoms with Gasteiger partial charge in [-0.15, -0.1) is 0 Å². The lowest BCUT2D eigenvalue weighted by Crippen LogP contribution is -2.62. The Morgan fingerprint density at radius 2 is 1.78 bits per heavy atom.